The Morgan fingerprint density at radius 2 is 1.50 bits per heavy atom. The van der Waals surface area contributed by atoms with E-state index in [-0.39, 0.29) is 5.69 Å². The van der Waals surface area contributed by atoms with E-state index in [0.29, 0.717) is 24.1 Å². The van der Waals surface area contributed by atoms with Gasteiger partial charge in [-0.2, -0.15) is 13.2 Å². The first-order valence-electron chi connectivity index (χ1n) is 9.73. The second kappa shape index (κ2) is 6.42. The van der Waals surface area contributed by atoms with Gasteiger partial charge in [-0.3, -0.25) is 19.3 Å². The Kier molecular flexibility index (Phi) is 4.03. The monoisotopic (exact) mass is 414 g/mol. The zero-order valence-corrected chi connectivity index (χ0v) is 15.7. The lowest BCUT2D eigenvalue weighted by Crippen LogP contribution is -2.53. The van der Waals surface area contributed by atoms with Gasteiger partial charge in [0.25, 0.3) is 0 Å². The molecule has 0 radical (unpaired) electrons. The normalized spacial score (nSPS) is 27.7. The van der Waals surface area contributed by atoms with Crippen LogP contribution < -0.4 is 9.80 Å². The zero-order chi connectivity index (χ0) is 21.2. The number of benzene rings is 2. The van der Waals surface area contributed by atoms with Crippen molar-refractivity contribution in [2.75, 3.05) is 9.80 Å². The van der Waals surface area contributed by atoms with Crippen LogP contribution in [0.1, 0.15) is 24.3 Å². The van der Waals surface area contributed by atoms with Crippen LogP contribution in [0.15, 0.2) is 54.6 Å². The molecular weight excluding hydrogens is 397 g/mol. The molecule has 2 fully saturated rings. The van der Waals surface area contributed by atoms with Crippen LogP contribution in [-0.2, 0) is 14.4 Å². The van der Waals surface area contributed by atoms with Gasteiger partial charge in [-0.25, -0.2) is 4.90 Å². The summed E-state index contributed by atoms with van der Waals surface area (Å²) >= 11 is 0. The van der Waals surface area contributed by atoms with E-state index in [2.05, 4.69) is 0 Å². The van der Waals surface area contributed by atoms with Gasteiger partial charge in [-0.05, 0) is 36.6 Å². The Bertz CT molecular complexity index is 1050. The summed E-state index contributed by atoms with van der Waals surface area (Å²) in [5.74, 6) is -5.11. The highest BCUT2D eigenvalue weighted by atomic mass is 19.4. The molecule has 8 heteroatoms. The number of fused-ring (bicyclic) bond motifs is 5. The van der Waals surface area contributed by atoms with Crippen molar-refractivity contribution in [3.63, 3.8) is 0 Å². The average molecular weight is 414 g/mol. The van der Waals surface area contributed by atoms with E-state index < -0.39 is 47.7 Å². The second-order valence-electron chi connectivity index (χ2n) is 7.89. The molecule has 1 saturated heterocycles. The fraction of sp³-hybridized carbons (Fsp3) is 0.318. The Morgan fingerprint density at radius 1 is 0.867 bits per heavy atom. The van der Waals surface area contributed by atoms with Crippen LogP contribution in [0.4, 0.5) is 24.5 Å². The predicted molar refractivity (Wildman–Crippen MR) is 102 cm³/mol. The third kappa shape index (κ3) is 2.52. The molecule has 5 nitrogen and oxygen atoms in total. The van der Waals surface area contributed by atoms with E-state index in [0.717, 1.165) is 9.80 Å². The molecule has 0 aromatic heterocycles. The number of anilines is 2. The number of carbonyl (C=O) groups is 3. The molecular formula is C22H17F3N2O3. The van der Waals surface area contributed by atoms with Crippen molar-refractivity contribution >= 4 is 29.1 Å². The summed E-state index contributed by atoms with van der Waals surface area (Å²) in [5, 5.41) is 0. The lowest BCUT2D eigenvalue weighted by atomic mass is 9.70. The van der Waals surface area contributed by atoms with Crippen LogP contribution in [0.3, 0.4) is 0 Å². The molecule has 5 rings (SSSR count). The van der Waals surface area contributed by atoms with Crippen molar-refractivity contribution in [1.29, 1.82) is 0 Å². The zero-order valence-electron chi connectivity index (χ0n) is 15.7. The molecule has 2 heterocycles. The van der Waals surface area contributed by atoms with Crippen molar-refractivity contribution in [3.8, 4) is 0 Å². The van der Waals surface area contributed by atoms with Gasteiger partial charge in [-0.1, -0.05) is 36.4 Å². The van der Waals surface area contributed by atoms with Crippen LogP contribution in [0, 0.1) is 11.8 Å². The molecule has 0 N–H and O–H groups in total. The summed E-state index contributed by atoms with van der Waals surface area (Å²) in [6.45, 7) is 0. The smallest absolute Gasteiger partial charge is 0.300 e. The van der Waals surface area contributed by atoms with E-state index >= 15 is 0 Å². The van der Waals surface area contributed by atoms with Gasteiger partial charge in [0.2, 0.25) is 11.8 Å². The van der Waals surface area contributed by atoms with E-state index in [4.69, 9.17) is 0 Å². The molecule has 0 unspecified atom stereocenters. The van der Waals surface area contributed by atoms with Crippen molar-refractivity contribution in [2.45, 2.75) is 31.0 Å². The van der Waals surface area contributed by atoms with Crippen LogP contribution in [0.25, 0.3) is 0 Å². The van der Waals surface area contributed by atoms with Gasteiger partial charge >= 0.3 is 12.1 Å². The first-order chi connectivity index (χ1) is 14.3. The average Bonchev–Trinajstić information content (AvgIpc) is 3.19. The number of halogens is 3. The number of hydrogen-bond acceptors (Lipinski definition) is 3. The lowest BCUT2D eigenvalue weighted by Gasteiger charge is -2.38. The van der Waals surface area contributed by atoms with E-state index in [1.807, 2.05) is 0 Å². The molecule has 2 aliphatic heterocycles. The first kappa shape index (κ1) is 18.8. The fourth-order valence-corrected chi connectivity index (χ4v) is 5.29. The molecule has 3 amide bonds. The number of carbonyl (C=O) groups excluding carboxylic acids is 3. The van der Waals surface area contributed by atoms with Gasteiger partial charge in [0, 0.05) is 11.6 Å². The third-order valence-corrected chi connectivity index (χ3v) is 6.42. The van der Waals surface area contributed by atoms with Crippen molar-refractivity contribution in [3.05, 3.63) is 60.2 Å². The Morgan fingerprint density at radius 3 is 2.20 bits per heavy atom. The van der Waals surface area contributed by atoms with Gasteiger partial charge in [0.05, 0.1) is 23.6 Å². The minimum absolute atomic E-state index is 0.175. The molecule has 154 valence electrons. The predicted octanol–water partition coefficient (Wildman–Crippen LogP) is 3.65. The standard InChI is InChI=1S/C22H17F3N2O3/c23-22(24,25)21(30)27-16-9-5-4-8-13(16)14-10-11-15-17(18(14)27)20(29)26(19(15)28)12-6-2-1-3-7-12/h1-9,14-15,17-18H,10-11H2/t14-,15-,17-,18+/m0/s1. The third-order valence-electron chi connectivity index (χ3n) is 6.42. The van der Waals surface area contributed by atoms with Crippen LogP contribution >= 0.6 is 0 Å². The summed E-state index contributed by atoms with van der Waals surface area (Å²) < 4.78 is 40.4. The molecule has 4 atom stereocenters. The van der Waals surface area contributed by atoms with E-state index in [9.17, 15) is 27.6 Å². The lowest BCUT2D eigenvalue weighted by molar-refractivity contribution is -0.171. The largest absolute Gasteiger partial charge is 0.471 e. The molecule has 1 saturated carbocycles. The number of imide groups is 1. The topological polar surface area (TPSA) is 57.7 Å². The van der Waals surface area contributed by atoms with Crippen LogP contribution in [0.5, 0.6) is 0 Å². The van der Waals surface area contributed by atoms with Crippen LogP contribution in [0.2, 0.25) is 0 Å². The summed E-state index contributed by atoms with van der Waals surface area (Å²) in [6.07, 6.45) is -4.26. The van der Waals surface area contributed by atoms with Crippen molar-refractivity contribution in [1.82, 2.24) is 0 Å². The van der Waals surface area contributed by atoms with Crippen molar-refractivity contribution < 1.29 is 27.6 Å². The SMILES string of the molecule is O=C1[C@@H]2[C@H]3[C@@H](CC[C@@H]2C(=O)N1c1ccccc1)c1ccccc1N3C(=O)C(F)(F)F. The van der Waals surface area contributed by atoms with E-state index in [1.54, 1.807) is 48.5 Å². The molecule has 2 aromatic carbocycles. The molecule has 0 spiro atoms. The molecule has 1 aliphatic carbocycles. The Labute approximate surface area is 170 Å². The molecule has 30 heavy (non-hydrogen) atoms. The number of alkyl halides is 3. The highest BCUT2D eigenvalue weighted by molar-refractivity contribution is 6.23. The molecule has 3 aliphatic rings. The quantitative estimate of drug-likeness (QED) is 0.670. The highest BCUT2D eigenvalue weighted by Gasteiger charge is 2.62. The Hall–Kier alpha value is -3.16. The second-order valence-corrected chi connectivity index (χ2v) is 7.89. The summed E-state index contributed by atoms with van der Waals surface area (Å²) in [7, 11) is 0. The maximum Gasteiger partial charge on any atom is 0.471 e. The maximum atomic E-state index is 13.5. The van der Waals surface area contributed by atoms with Gasteiger partial charge in [0.15, 0.2) is 0 Å². The number of hydrogen-bond donors (Lipinski definition) is 0. The van der Waals surface area contributed by atoms with Gasteiger partial charge < -0.3 is 0 Å². The highest BCUT2D eigenvalue weighted by Crippen LogP contribution is 2.55. The number of para-hydroxylation sites is 2. The first-order valence-corrected chi connectivity index (χ1v) is 9.73. The van der Waals surface area contributed by atoms with Crippen molar-refractivity contribution in [2.24, 2.45) is 11.8 Å². The fourth-order valence-electron chi connectivity index (χ4n) is 5.29. The number of rotatable bonds is 1. The molecule has 2 aromatic rings. The van der Waals surface area contributed by atoms with Gasteiger partial charge in [-0.15, -0.1) is 0 Å². The Balaban J connectivity index is 1.62. The van der Waals surface area contributed by atoms with E-state index in [1.165, 1.54) is 6.07 Å². The van der Waals surface area contributed by atoms with Crippen LogP contribution in [-0.4, -0.2) is 29.9 Å². The minimum atomic E-state index is -5.08. The number of amides is 3. The summed E-state index contributed by atoms with van der Waals surface area (Å²) in [6, 6.07) is 13.8. The number of nitrogens with zero attached hydrogens (tertiary/aromatic N) is 2. The summed E-state index contributed by atoms with van der Waals surface area (Å²) in [5.41, 5.74) is 1.19. The minimum Gasteiger partial charge on any atom is -0.300 e. The molecule has 0 bridgehead atoms. The van der Waals surface area contributed by atoms with Gasteiger partial charge in [0.1, 0.15) is 0 Å². The summed E-state index contributed by atoms with van der Waals surface area (Å²) in [4.78, 5) is 40.6. The maximum absolute atomic E-state index is 13.5.